The molecule has 0 bridgehead atoms. The van der Waals surface area contributed by atoms with Crippen LogP contribution in [0.2, 0.25) is 0 Å². The molecule has 0 saturated carbocycles. The Bertz CT molecular complexity index is 947. The van der Waals surface area contributed by atoms with Crippen LogP contribution in [-0.4, -0.2) is 36.4 Å². The molecule has 2 aromatic carbocycles. The molecule has 0 aromatic heterocycles. The van der Waals surface area contributed by atoms with Crippen molar-refractivity contribution >= 4 is 35.3 Å². The van der Waals surface area contributed by atoms with E-state index in [4.69, 9.17) is 4.74 Å². The molecule has 2 N–H and O–H groups in total. The lowest BCUT2D eigenvalue weighted by Gasteiger charge is -2.19. The van der Waals surface area contributed by atoms with Gasteiger partial charge in [-0.25, -0.2) is 4.79 Å². The third-order valence-corrected chi connectivity index (χ3v) is 4.25. The molecular weight excluding hydrogens is 370 g/mol. The maximum atomic E-state index is 12.1. The standard InChI is InChI=1S/C22H21N3O4/c1-29-19-12-10-18(11-13-19)24-22(28)23-17-8-5-16(6-9-17)7-14-21(27)25-15-3-2-4-20(25)26/h2,4-14H,3,15H2,1H3,(H2,23,24,28)/b14-7+. The lowest BCUT2D eigenvalue weighted by molar-refractivity contribution is -0.139. The van der Waals surface area contributed by atoms with Crippen LogP contribution < -0.4 is 15.4 Å². The molecule has 29 heavy (non-hydrogen) atoms. The minimum Gasteiger partial charge on any atom is -0.497 e. The number of amides is 4. The van der Waals surface area contributed by atoms with Crippen LogP contribution in [0.5, 0.6) is 5.75 Å². The van der Waals surface area contributed by atoms with Crippen molar-refractivity contribution in [3.8, 4) is 5.75 Å². The molecule has 7 heteroatoms. The quantitative estimate of drug-likeness (QED) is 0.762. The number of nitrogens with zero attached hydrogens (tertiary/aromatic N) is 1. The van der Waals surface area contributed by atoms with Gasteiger partial charge in [-0.15, -0.1) is 0 Å². The Morgan fingerprint density at radius 3 is 2.21 bits per heavy atom. The van der Waals surface area contributed by atoms with Gasteiger partial charge in [0.05, 0.1) is 7.11 Å². The van der Waals surface area contributed by atoms with E-state index in [9.17, 15) is 14.4 Å². The van der Waals surface area contributed by atoms with Crippen LogP contribution in [0.3, 0.4) is 0 Å². The van der Waals surface area contributed by atoms with E-state index in [1.807, 2.05) is 0 Å². The number of hydrogen-bond donors (Lipinski definition) is 2. The summed E-state index contributed by atoms with van der Waals surface area (Å²) in [5.74, 6) is 0.0629. The number of carbonyl (C=O) groups is 3. The van der Waals surface area contributed by atoms with Gasteiger partial charge in [0.2, 0.25) is 0 Å². The highest BCUT2D eigenvalue weighted by Gasteiger charge is 2.18. The summed E-state index contributed by atoms with van der Waals surface area (Å²) in [4.78, 5) is 37.1. The number of anilines is 2. The third kappa shape index (κ3) is 5.55. The number of methoxy groups -OCH3 is 1. The Balaban J connectivity index is 1.53. The molecule has 1 aliphatic heterocycles. The van der Waals surface area contributed by atoms with Gasteiger partial charge in [-0.2, -0.15) is 0 Å². The molecule has 0 saturated heterocycles. The molecular formula is C22H21N3O4. The van der Waals surface area contributed by atoms with Crippen molar-refractivity contribution < 1.29 is 19.1 Å². The molecule has 4 amide bonds. The zero-order chi connectivity index (χ0) is 20.6. The molecule has 0 spiro atoms. The van der Waals surface area contributed by atoms with Gasteiger partial charge in [0.15, 0.2) is 0 Å². The van der Waals surface area contributed by atoms with E-state index >= 15 is 0 Å². The average molecular weight is 391 g/mol. The first-order valence-electron chi connectivity index (χ1n) is 9.07. The van der Waals surface area contributed by atoms with Crippen molar-refractivity contribution in [2.75, 3.05) is 24.3 Å². The number of rotatable bonds is 5. The molecule has 1 heterocycles. The van der Waals surface area contributed by atoms with Gasteiger partial charge in [0, 0.05) is 24.0 Å². The fraction of sp³-hybridized carbons (Fsp3) is 0.136. The van der Waals surface area contributed by atoms with Crippen molar-refractivity contribution in [2.24, 2.45) is 0 Å². The van der Waals surface area contributed by atoms with Gasteiger partial charge in [0.1, 0.15) is 5.75 Å². The van der Waals surface area contributed by atoms with Gasteiger partial charge < -0.3 is 15.4 Å². The van der Waals surface area contributed by atoms with Crippen LogP contribution in [0.25, 0.3) is 6.08 Å². The van der Waals surface area contributed by atoms with Gasteiger partial charge in [0.25, 0.3) is 11.8 Å². The summed E-state index contributed by atoms with van der Waals surface area (Å²) < 4.78 is 5.08. The largest absolute Gasteiger partial charge is 0.497 e. The molecule has 0 atom stereocenters. The molecule has 148 valence electrons. The number of hydrogen-bond acceptors (Lipinski definition) is 4. The monoisotopic (exact) mass is 391 g/mol. The Morgan fingerprint density at radius 1 is 1.00 bits per heavy atom. The van der Waals surface area contributed by atoms with Crippen LogP contribution in [0.4, 0.5) is 16.2 Å². The highest BCUT2D eigenvalue weighted by atomic mass is 16.5. The van der Waals surface area contributed by atoms with Crippen LogP contribution in [0.15, 0.2) is 66.8 Å². The lowest BCUT2D eigenvalue weighted by atomic mass is 10.2. The van der Waals surface area contributed by atoms with E-state index in [2.05, 4.69) is 10.6 Å². The molecule has 3 rings (SSSR count). The van der Waals surface area contributed by atoms with E-state index in [1.54, 1.807) is 67.8 Å². The van der Waals surface area contributed by atoms with Crippen LogP contribution in [0.1, 0.15) is 12.0 Å². The van der Waals surface area contributed by atoms with Gasteiger partial charge in [-0.05, 0) is 60.5 Å². The Labute approximate surface area is 168 Å². The van der Waals surface area contributed by atoms with Crippen molar-refractivity contribution in [3.63, 3.8) is 0 Å². The molecule has 2 aromatic rings. The Hall–Kier alpha value is -3.87. The van der Waals surface area contributed by atoms with Gasteiger partial charge >= 0.3 is 6.03 Å². The van der Waals surface area contributed by atoms with E-state index in [1.165, 1.54) is 17.1 Å². The molecule has 0 fully saturated rings. The summed E-state index contributed by atoms with van der Waals surface area (Å²) in [6.45, 7) is 0.394. The summed E-state index contributed by atoms with van der Waals surface area (Å²) in [6.07, 6.45) is 6.84. The number of ether oxygens (including phenoxy) is 1. The number of urea groups is 1. The average Bonchev–Trinajstić information content (AvgIpc) is 2.74. The summed E-state index contributed by atoms with van der Waals surface area (Å²) in [7, 11) is 1.58. The van der Waals surface area contributed by atoms with Crippen molar-refractivity contribution in [1.29, 1.82) is 0 Å². The number of carbonyl (C=O) groups excluding carboxylic acids is 3. The highest BCUT2D eigenvalue weighted by molar-refractivity contribution is 6.07. The Morgan fingerprint density at radius 2 is 1.62 bits per heavy atom. The topological polar surface area (TPSA) is 87.7 Å². The highest BCUT2D eigenvalue weighted by Crippen LogP contribution is 2.16. The fourth-order valence-electron chi connectivity index (χ4n) is 2.71. The summed E-state index contributed by atoms with van der Waals surface area (Å²) in [5.41, 5.74) is 2.03. The molecule has 0 radical (unpaired) electrons. The number of imide groups is 1. The molecule has 0 unspecified atom stereocenters. The number of nitrogens with one attached hydrogen (secondary N) is 2. The fourth-order valence-corrected chi connectivity index (χ4v) is 2.71. The predicted molar refractivity (Wildman–Crippen MR) is 112 cm³/mol. The minimum absolute atomic E-state index is 0.298. The van der Waals surface area contributed by atoms with Gasteiger partial charge in [-0.3, -0.25) is 14.5 Å². The second kappa shape index (κ2) is 9.36. The molecule has 7 nitrogen and oxygen atoms in total. The lowest BCUT2D eigenvalue weighted by Crippen LogP contribution is -2.37. The van der Waals surface area contributed by atoms with E-state index in [0.29, 0.717) is 30.1 Å². The number of benzene rings is 2. The maximum Gasteiger partial charge on any atom is 0.323 e. The normalized spacial score (nSPS) is 13.4. The molecule has 1 aliphatic rings. The second-order valence-electron chi connectivity index (χ2n) is 6.28. The van der Waals surface area contributed by atoms with Crippen LogP contribution >= 0.6 is 0 Å². The Kier molecular flexibility index (Phi) is 6.42. The van der Waals surface area contributed by atoms with Crippen molar-refractivity contribution in [2.45, 2.75) is 6.42 Å². The summed E-state index contributed by atoms with van der Waals surface area (Å²) >= 11 is 0. The minimum atomic E-state index is -0.370. The first-order valence-corrected chi connectivity index (χ1v) is 9.07. The molecule has 0 aliphatic carbocycles. The van der Waals surface area contributed by atoms with E-state index in [0.717, 1.165) is 5.56 Å². The first kappa shape index (κ1) is 19.9. The van der Waals surface area contributed by atoms with E-state index in [-0.39, 0.29) is 17.8 Å². The van der Waals surface area contributed by atoms with Crippen molar-refractivity contribution in [1.82, 2.24) is 4.90 Å². The van der Waals surface area contributed by atoms with E-state index < -0.39 is 0 Å². The maximum absolute atomic E-state index is 12.1. The van der Waals surface area contributed by atoms with Crippen molar-refractivity contribution in [3.05, 3.63) is 72.3 Å². The summed E-state index contributed by atoms with van der Waals surface area (Å²) in [6, 6.07) is 13.6. The van der Waals surface area contributed by atoms with Crippen LogP contribution in [-0.2, 0) is 9.59 Å². The zero-order valence-electron chi connectivity index (χ0n) is 15.9. The van der Waals surface area contributed by atoms with Crippen LogP contribution in [0, 0.1) is 0 Å². The zero-order valence-corrected chi connectivity index (χ0v) is 15.9. The predicted octanol–water partition coefficient (Wildman–Crippen LogP) is 3.67. The SMILES string of the molecule is COc1ccc(NC(=O)Nc2ccc(/C=C/C(=O)N3CCC=CC3=O)cc2)cc1. The summed E-state index contributed by atoms with van der Waals surface area (Å²) in [5, 5.41) is 5.47. The smallest absolute Gasteiger partial charge is 0.323 e. The van der Waals surface area contributed by atoms with Gasteiger partial charge in [-0.1, -0.05) is 18.2 Å². The third-order valence-electron chi connectivity index (χ3n) is 4.25. The second-order valence-corrected chi connectivity index (χ2v) is 6.28. The first-order chi connectivity index (χ1) is 14.0.